The van der Waals surface area contributed by atoms with Gasteiger partial charge >= 0.3 is 0 Å². The number of ether oxygens (including phenoxy) is 2. The number of benzene rings is 1. The zero-order valence-corrected chi connectivity index (χ0v) is 13.4. The number of nitrogens with one attached hydrogen (secondary N) is 1. The van der Waals surface area contributed by atoms with Gasteiger partial charge in [-0.25, -0.2) is 0 Å². The summed E-state index contributed by atoms with van der Waals surface area (Å²) in [6, 6.07) is 10.5. The molecule has 1 fully saturated rings. The van der Waals surface area contributed by atoms with Gasteiger partial charge in [-0.05, 0) is 25.0 Å². The van der Waals surface area contributed by atoms with Gasteiger partial charge in [0, 0.05) is 12.6 Å². The average molecular weight is 291 g/mol. The van der Waals surface area contributed by atoms with Crippen molar-refractivity contribution in [3.05, 3.63) is 30.3 Å². The fourth-order valence-corrected chi connectivity index (χ4v) is 2.89. The van der Waals surface area contributed by atoms with Crippen LogP contribution in [0.5, 0.6) is 5.75 Å². The molecule has 0 radical (unpaired) electrons. The molecule has 1 saturated carbocycles. The van der Waals surface area contributed by atoms with Crippen molar-refractivity contribution in [1.29, 1.82) is 0 Å². The molecule has 0 aliphatic heterocycles. The van der Waals surface area contributed by atoms with Crippen LogP contribution in [0, 0.1) is 0 Å². The van der Waals surface area contributed by atoms with E-state index in [4.69, 9.17) is 9.47 Å². The standard InChI is InChI=1S/C18H29NO2/c1-16(2)19-15-18(11-7-4-8-12-18)21-14-13-20-17-9-5-3-6-10-17/h3,5-6,9-10,16,19H,4,7-8,11-15H2,1-2H3. The van der Waals surface area contributed by atoms with Crippen LogP contribution >= 0.6 is 0 Å². The number of rotatable bonds is 8. The lowest BCUT2D eigenvalue weighted by Crippen LogP contribution is -2.47. The summed E-state index contributed by atoms with van der Waals surface area (Å²) in [5.74, 6) is 0.916. The molecule has 21 heavy (non-hydrogen) atoms. The van der Waals surface area contributed by atoms with Crippen LogP contribution in [0.1, 0.15) is 46.0 Å². The molecule has 0 unspecified atom stereocenters. The van der Waals surface area contributed by atoms with Crippen LogP contribution in [0.2, 0.25) is 0 Å². The molecule has 0 bridgehead atoms. The zero-order chi connectivity index (χ0) is 15.0. The lowest BCUT2D eigenvalue weighted by molar-refractivity contribution is -0.0771. The minimum Gasteiger partial charge on any atom is -0.491 e. The highest BCUT2D eigenvalue weighted by atomic mass is 16.5. The smallest absolute Gasteiger partial charge is 0.119 e. The van der Waals surface area contributed by atoms with E-state index < -0.39 is 0 Å². The van der Waals surface area contributed by atoms with E-state index in [9.17, 15) is 0 Å². The first kappa shape index (κ1) is 16.3. The second-order valence-corrected chi connectivity index (χ2v) is 6.29. The van der Waals surface area contributed by atoms with Gasteiger partial charge in [-0.15, -0.1) is 0 Å². The van der Waals surface area contributed by atoms with Gasteiger partial charge < -0.3 is 14.8 Å². The summed E-state index contributed by atoms with van der Waals surface area (Å²) in [7, 11) is 0. The number of hydrogen-bond acceptors (Lipinski definition) is 3. The molecule has 3 heteroatoms. The van der Waals surface area contributed by atoms with Gasteiger partial charge in [0.05, 0.1) is 12.2 Å². The van der Waals surface area contributed by atoms with E-state index in [1.807, 2.05) is 30.3 Å². The van der Waals surface area contributed by atoms with Crippen LogP contribution in [-0.4, -0.2) is 31.4 Å². The van der Waals surface area contributed by atoms with Crippen molar-refractivity contribution in [2.24, 2.45) is 0 Å². The summed E-state index contributed by atoms with van der Waals surface area (Å²) in [5.41, 5.74) is 0.0164. The van der Waals surface area contributed by atoms with Crippen LogP contribution in [-0.2, 0) is 4.74 Å². The summed E-state index contributed by atoms with van der Waals surface area (Å²) < 4.78 is 12.0. The first-order valence-electron chi connectivity index (χ1n) is 8.25. The molecule has 1 aromatic carbocycles. The molecule has 0 saturated heterocycles. The molecule has 0 spiro atoms. The molecular formula is C18H29NO2. The maximum absolute atomic E-state index is 6.26. The topological polar surface area (TPSA) is 30.5 Å². The molecule has 0 aromatic heterocycles. The van der Waals surface area contributed by atoms with Gasteiger partial charge in [0.2, 0.25) is 0 Å². The Balaban J connectivity index is 1.76. The van der Waals surface area contributed by atoms with Crippen molar-refractivity contribution in [2.75, 3.05) is 19.8 Å². The fourth-order valence-electron chi connectivity index (χ4n) is 2.89. The van der Waals surface area contributed by atoms with Crippen molar-refractivity contribution in [2.45, 2.75) is 57.6 Å². The van der Waals surface area contributed by atoms with Gasteiger partial charge in [-0.1, -0.05) is 51.3 Å². The van der Waals surface area contributed by atoms with Crippen molar-refractivity contribution in [3.63, 3.8) is 0 Å². The van der Waals surface area contributed by atoms with Gasteiger partial charge in [-0.3, -0.25) is 0 Å². The lowest BCUT2D eigenvalue weighted by Gasteiger charge is -2.38. The van der Waals surface area contributed by atoms with Crippen molar-refractivity contribution in [3.8, 4) is 5.75 Å². The third-order valence-electron chi connectivity index (χ3n) is 4.10. The summed E-state index contributed by atoms with van der Waals surface area (Å²) in [6.07, 6.45) is 6.22. The highest BCUT2D eigenvalue weighted by Gasteiger charge is 2.32. The third-order valence-corrected chi connectivity index (χ3v) is 4.10. The Hall–Kier alpha value is -1.06. The van der Waals surface area contributed by atoms with Crippen LogP contribution < -0.4 is 10.1 Å². The predicted octanol–water partition coefficient (Wildman–Crippen LogP) is 3.78. The maximum Gasteiger partial charge on any atom is 0.119 e. The van der Waals surface area contributed by atoms with Crippen LogP contribution in [0.15, 0.2) is 30.3 Å². The normalized spacial score (nSPS) is 17.9. The summed E-state index contributed by atoms with van der Waals surface area (Å²) in [4.78, 5) is 0. The molecular weight excluding hydrogens is 262 g/mol. The highest BCUT2D eigenvalue weighted by Crippen LogP contribution is 2.31. The van der Waals surface area contributed by atoms with E-state index >= 15 is 0 Å². The quantitative estimate of drug-likeness (QED) is 0.739. The monoisotopic (exact) mass is 291 g/mol. The Labute approximate surface area is 129 Å². The molecule has 0 atom stereocenters. The minimum absolute atomic E-state index is 0.0164. The van der Waals surface area contributed by atoms with Gasteiger partial charge in [-0.2, -0.15) is 0 Å². The Bertz CT molecular complexity index is 385. The maximum atomic E-state index is 6.26. The zero-order valence-electron chi connectivity index (χ0n) is 13.4. The first-order valence-corrected chi connectivity index (χ1v) is 8.25. The Morgan fingerprint density at radius 1 is 1.05 bits per heavy atom. The largest absolute Gasteiger partial charge is 0.491 e. The fraction of sp³-hybridized carbons (Fsp3) is 0.667. The van der Waals surface area contributed by atoms with E-state index in [0.717, 1.165) is 25.1 Å². The molecule has 3 nitrogen and oxygen atoms in total. The van der Waals surface area contributed by atoms with Gasteiger partial charge in [0.1, 0.15) is 12.4 Å². The van der Waals surface area contributed by atoms with E-state index in [2.05, 4.69) is 19.2 Å². The van der Waals surface area contributed by atoms with Crippen molar-refractivity contribution >= 4 is 0 Å². The van der Waals surface area contributed by atoms with E-state index in [1.165, 1.54) is 19.3 Å². The molecule has 1 aliphatic rings. The Morgan fingerprint density at radius 3 is 2.43 bits per heavy atom. The van der Waals surface area contributed by atoms with Gasteiger partial charge in [0.15, 0.2) is 0 Å². The third kappa shape index (κ3) is 5.68. The SMILES string of the molecule is CC(C)NCC1(OCCOc2ccccc2)CCCCC1. The molecule has 1 N–H and O–H groups in total. The lowest BCUT2D eigenvalue weighted by atomic mass is 9.84. The second kappa shape index (κ2) is 8.40. The van der Waals surface area contributed by atoms with Crippen molar-refractivity contribution < 1.29 is 9.47 Å². The Kier molecular flexibility index (Phi) is 6.52. The number of para-hydroxylation sites is 1. The summed E-state index contributed by atoms with van der Waals surface area (Å²) >= 11 is 0. The molecule has 0 amide bonds. The second-order valence-electron chi connectivity index (χ2n) is 6.29. The summed E-state index contributed by atoms with van der Waals surface area (Å²) in [6.45, 7) is 6.61. The minimum atomic E-state index is 0.0164. The molecule has 1 aliphatic carbocycles. The van der Waals surface area contributed by atoms with E-state index in [-0.39, 0.29) is 5.60 Å². The Morgan fingerprint density at radius 2 is 1.76 bits per heavy atom. The van der Waals surface area contributed by atoms with E-state index in [1.54, 1.807) is 0 Å². The summed E-state index contributed by atoms with van der Waals surface area (Å²) in [5, 5.41) is 3.55. The van der Waals surface area contributed by atoms with Crippen LogP contribution in [0.4, 0.5) is 0 Å². The molecule has 1 aromatic rings. The predicted molar refractivity (Wildman–Crippen MR) is 86.8 cm³/mol. The molecule has 0 heterocycles. The van der Waals surface area contributed by atoms with Crippen LogP contribution in [0.25, 0.3) is 0 Å². The van der Waals surface area contributed by atoms with E-state index in [0.29, 0.717) is 19.3 Å². The average Bonchev–Trinajstić information content (AvgIpc) is 2.52. The molecule has 118 valence electrons. The van der Waals surface area contributed by atoms with Crippen LogP contribution in [0.3, 0.4) is 0 Å². The molecule has 2 rings (SSSR count). The number of hydrogen-bond donors (Lipinski definition) is 1. The van der Waals surface area contributed by atoms with Gasteiger partial charge in [0.25, 0.3) is 0 Å². The first-order chi connectivity index (χ1) is 10.2. The van der Waals surface area contributed by atoms with Crippen molar-refractivity contribution in [1.82, 2.24) is 5.32 Å². The highest BCUT2D eigenvalue weighted by molar-refractivity contribution is 5.20.